The van der Waals surface area contributed by atoms with Crippen molar-refractivity contribution in [1.29, 1.82) is 0 Å². The normalized spacial score (nSPS) is 11.9. The summed E-state index contributed by atoms with van der Waals surface area (Å²) in [6.07, 6.45) is 0. The fourth-order valence-electron chi connectivity index (χ4n) is 2.07. The van der Waals surface area contributed by atoms with E-state index >= 15 is 0 Å². The first kappa shape index (κ1) is 14.0. The number of primary sulfonamides is 1. The largest absolute Gasteiger partial charge is 0.268 e. The van der Waals surface area contributed by atoms with Crippen LogP contribution in [0, 0.1) is 0 Å². The molecule has 3 rings (SSSR count). The number of aromatic nitrogens is 1. The molecule has 3 aromatic rings. The van der Waals surface area contributed by atoms with Gasteiger partial charge in [-0.3, -0.25) is 8.75 Å². The molecular formula is C14H12N2O3S2. The summed E-state index contributed by atoms with van der Waals surface area (Å²) >= 11 is 1.39. The highest BCUT2D eigenvalue weighted by molar-refractivity contribution is 7.89. The average Bonchev–Trinajstić information content (AvgIpc) is 2.76. The molecule has 0 atom stereocenters. The molecule has 0 aliphatic carbocycles. The standard InChI is InChI=1S/C14H12N2O3S2/c15-21(18,19)11-7-5-10(6-8-11)9-16-14(17)12-3-1-2-4-13(12)20-16/h1-8H,9H2,(H2,15,18,19). The first-order valence-electron chi connectivity index (χ1n) is 6.16. The van der Waals surface area contributed by atoms with Crippen molar-refractivity contribution >= 4 is 31.6 Å². The summed E-state index contributed by atoms with van der Waals surface area (Å²) in [5.41, 5.74) is 0.808. The number of sulfonamides is 1. The van der Waals surface area contributed by atoms with Gasteiger partial charge in [0.25, 0.3) is 5.56 Å². The van der Waals surface area contributed by atoms with Gasteiger partial charge in [0.05, 0.1) is 21.5 Å². The molecule has 0 spiro atoms. The number of fused-ring (bicyclic) bond motifs is 1. The van der Waals surface area contributed by atoms with Crippen LogP contribution < -0.4 is 10.7 Å². The molecular weight excluding hydrogens is 308 g/mol. The number of hydrogen-bond acceptors (Lipinski definition) is 4. The predicted molar refractivity (Wildman–Crippen MR) is 83.0 cm³/mol. The maximum absolute atomic E-state index is 12.2. The van der Waals surface area contributed by atoms with E-state index in [2.05, 4.69) is 0 Å². The summed E-state index contributed by atoms with van der Waals surface area (Å²) in [5.74, 6) is 0. The molecule has 7 heteroatoms. The highest BCUT2D eigenvalue weighted by atomic mass is 32.2. The molecule has 0 saturated heterocycles. The zero-order chi connectivity index (χ0) is 15.0. The Morgan fingerprint density at radius 1 is 1.05 bits per heavy atom. The topological polar surface area (TPSA) is 82.2 Å². The molecule has 2 N–H and O–H groups in total. The lowest BCUT2D eigenvalue weighted by Gasteiger charge is -2.02. The molecule has 5 nitrogen and oxygen atoms in total. The number of hydrogen-bond donors (Lipinski definition) is 1. The van der Waals surface area contributed by atoms with Crippen molar-refractivity contribution in [2.75, 3.05) is 0 Å². The Morgan fingerprint density at radius 3 is 2.33 bits per heavy atom. The Morgan fingerprint density at radius 2 is 1.71 bits per heavy atom. The molecule has 0 aliphatic heterocycles. The van der Waals surface area contributed by atoms with E-state index < -0.39 is 10.0 Å². The first-order chi connectivity index (χ1) is 9.95. The van der Waals surface area contributed by atoms with E-state index in [1.807, 2.05) is 18.2 Å². The lowest BCUT2D eigenvalue weighted by atomic mass is 10.2. The van der Waals surface area contributed by atoms with Gasteiger partial charge in [0.2, 0.25) is 10.0 Å². The van der Waals surface area contributed by atoms with Gasteiger partial charge in [-0.05, 0) is 29.8 Å². The van der Waals surface area contributed by atoms with Gasteiger partial charge < -0.3 is 0 Å². The minimum atomic E-state index is -3.69. The van der Waals surface area contributed by atoms with Gasteiger partial charge in [-0.25, -0.2) is 13.6 Å². The molecule has 1 aromatic heterocycles. The SMILES string of the molecule is NS(=O)(=O)c1ccc(Cn2sc3ccccc3c2=O)cc1. The molecule has 0 amide bonds. The van der Waals surface area contributed by atoms with E-state index in [-0.39, 0.29) is 10.5 Å². The van der Waals surface area contributed by atoms with Crippen LogP contribution in [0.4, 0.5) is 0 Å². The Balaban J connectivity index is 1.95. The van der Waals surface area contributed by atoms with Gasteiger partial charge >= 0.3 is 0 Å². The van der Waals surface area contributed by atoms with Crippen LogP contribution in [0.5, 0.6) is 0 Å². The Hall–Kier alpha value is -1.96. The van der Waals surface area contributed by atoms with Gasteiger partial charge in [-0.2, -0.15) is 0 Å². The summed E-state index contributed by atoms with van der Waals surface area (Å²) in [4.78, 5) is 12.3. The van der Waals surface area contributed by atoms with Gasteiger partial charge in [-0.1, -0.05) is 35.8 Å². The Kier molecular flexibility index (Phi) is 3.40. The van der Waals surface area contributed by atoms with Gasteiger partial charge in [0.1, 0.15) is 0 Å². The highest BCUT2D eigenvalue weighted by Gasteiger charge is 2.09. The summed E-state index contributed by atoms with van der Waals surface area (Å²) in [6, 6.07) is 13.7. The molecule has 0 bridgehead atoms. The van der Waals surface area contributed by atoms with Crippen molar-refractivity contribution in [3.05, 3.63) is 64.4 Å². The first-order valence-corrected chi connectivity index (χ1v) is 8.48. The Labute approximate surface area is 125 Å². The number of nitrogens with zero attached hydrogens (tertiary/aromatic N) is 1. The van der Waals surface area contributed by atoms with Crippen LogP contribution >= 0.6 is 11.5 Å². The average molecular weight is 320 g/mol. The lowest BCUT2D eigenvalue weighted by molar-refractivity contribution is 0.597. The monoisotopic (exact) mass is 320 g/mol. The molecule has 21 heavy (non-hydrogen) atoms. The van der Waals surface area contributed by atoms with Crippen LogP contribution in [-0.4, -0.2) is 12.4 Å². The summed E-state index contributed by atoms with van der Waals surface area (Å²) in [6.45, 7) is 0.406. The second kappa shape index (κ2) is 5.10. The number of nitrogens with two attached hydrogens (primary N) is 1. The molecule has 1 heterocycles. The van der Waals surface area contributed by atoms with E-state index in [0.29, 0.717) is 11.9 Å². The van der Waals surface area contributed by atoms with Crippen molar-refractivity contribution in [3.63, 3.8) is 0 Å². The molecule has 0 radical (unpaired) electrons. The van der Waals surface area contributed by atoms with E-state index in [0.717, 1.165) is 10.3 Å². The predicted octanol–water partition coefficient (Wildman–Crippen LogP) is 1.76. The highest BCUT2D eigenvalue weighted by Crippen LogP contribution is 2.17. The van der Waals surface area contributed by atoms with Crippen LogP contribution in [0.15, 0.2) is 58.2 Å². The molecule has 108 valence electrons. The summed E-state index contributed by atoms with van der Waals surface area (Å²) in [5, 5.41) is 5.75. The lowest BCUT2D eigenvalue weighted by Crippen LogP contribution is -2.14. The number of benzene rings is 2. The quantitative estimate of drug-likeness (QED) is 0.798. The maximum Gasteiger partial charge on any atom is 0.268 e. The third-order valence-electron chi connectivity index (χ3n) is 3.13. The van der Waals surface area contributed by atoms with E-state index in [4.69, 9.17) is 5.14 Å². The van der Waals surface area contributed by atoms with Gasteiger partial charge in [-0.15, -0.1) is 0 Å². The van der Waals surface area contributed by atoms with Crippen LogP contribution in [-0.2, 0) is 16.6 Å². The molecule has 2 aromatic carbocycles. The fraction of sp³-hybridized carbons (Fsp3) is 0.0714. The van der Waals surface area contributed by atoms with Crippen molar-refractivity contribution < 1.29 is 8.42 Å². The van der Waals surface area contributed by atoms with Crippen molar-refractivity contribution in [1.82, 2.24) is 3.96 Å². The van der Waals surface area contributed by atoms with Crippen LogP contribution in [0.25, 0.3) is 10.1 Å². The zero-order valence-corrected chi connectivity index (χ0v) is 12.5. The van der Waals surface area contributed by atoms with E-state index in [9.17, 15) is 13.2 Å². The van der Waals surface area contributed by atoms with Crippen molar-refractivity contribution in [3.8, 4) is 0 Å². The van der Waals surface area contributed by atoms with E-state index in [1.165, 1.54) is 23.7 Å². The second-order valence-corrected chi connectivity index (χ2v) is 7.24. The summed E-state index contributed by atoms with van der Waals surface area (Å²) < 4.78 is 25.0. The second-order valence-electron chi connectivity index (χ2n) is 4.62. The third kappa shape index (κ3) is 2.76. The zero-order valence-electron chi connectivity index (χ0n) is 10.9. The van der Waals surface area contributed by atoms with Gasteiger partial charge in [0.15, 0.2) is 0 Å². The van der Waals surface area contributed by atoms with Crippen LogP contribution in [0.2, 0.25) is 0 Å². The molecule has 0 unspecified atom stereocenters. The van der Waals surface area contributed by atoms with Crippen LogP contribution in [0.3, 0.4) is 0 Å². The molecule has 0 saturated carbocycles. The third-order valence-corrected chi connectivity index (χ3v) is 5.13. The maximum atomic E-state index is 12.2. The minimum absolute atomic E-state index is 0.0360. The molecule has 0 fully saturated rings. The summed E-state index contributed by atoms with van der Waals surface area (Å²) in [7, 11) is -3.69. The van der Waals surface area contributed by atoms with Crippen LogP contribution in [0.1, 0.15) is 5.56 Å². The van der Waals surface area contributed by atoms with E-state index in [1.54, 1.807) is 22.2 Å². The number of rotatable bonds is 3. The smallest absolute Gasteiger partial charge is 0.268 e. The minimum Gasteiger partial charge on any atom is -0.268 e. The molecule has 0 aliphatic rings. The van der Waals surface area contributed by atoms with Crippen molar-refractivity contribution in [2.24, 2.45) is 5.14 Å². The van der Waals surface area contributed by atoms with Crippen molar-refractivity contribution in [2.45, 2.75) is 11.4 Å². The van der Waals surface area contributed by atoms with Gasteiger partial charge in [0, 0.05) is 0 Å². The fourth-order valence-corrected chi connectivity index (χ4v) is 3.61. The Bertz CT molecular complexity index is 954.